The van der Waals surface area contributed by atoms with Crippen LogP contribution in [0.3, 0.4) is 0 Å². The molecule has 1 aliphatic rings. The van der Waals surface area contributed by atoms with E-state index in [4.69, 9.17) is 4.74 Å². The van der Waals surface area contributed by atoms with Gasteiger partial charge in [-0.2, -0.15) is 4.31 Å². The maximum Gasteiger partial charge on any atom is 0.293 e. The fraction of sp³-hybridized carbons (Fsp3) is 0.500. The lowest BCUT2D eigenvalue weighted by atomic mass is 10.3. The van der Waals surface area contributed by atoms with Crippen LogP contribution in [0.4, 0.5) is 5.69 Å². The summed E-state index contributed by atoms with van der Waals surface area (Å²) in [4.78, 5) is 10.1. The number of methoxy groups -OCH3 is 1. The Morgan fingerprint density at radius 2 is 2.19 bits per heavy atom. The highest BCUT2D eigenvalue weighted by Gasteiger charge is 2.35. The maximum absolute atomic E-state index is 12.7. The highest BCUT2D eigenvalue weighted by molar-refractivity contribution is 7.89. The van der Waals surface area contributed by atoms with Gasteiger partial charge in [0.2, 0.25) is 10.0 Å². The summed E-state index contributed by atoms with van der Waals surface area (Å²) in [7, 11) is -2.55. The molecule has 1 N–H and O–H groups in total. The lowest BCUT2D eigenvalue weighted by molar-refractivity contribution is -0.387. The number of sulfonamides is 1. The number of benzene rings is 1. The van der Waals surface area contributed by atoms with E-state index < -0.39 is 20.6 Å². The molecule has 0 bridgehead atoms. The predicted molar refractivity (Wildman–Crippen MR) is 75.9 cm³/mol. The second-order valence-electron chi connectivity index (χ2n) is 4.76. The van der Waals surface area contributed by atoms with E-state index in [0.29, 0.717) is 13.1 Å². The smallest absolute Gasteiger partial charge is 0.293 e. The second kappa shape index (κ2) is 5.96. The van der Waals surface area contributed by atoms with Gasteiger partial charge < -0.3 is 10.1 Å². The van der Waals surface area contributed by atoms with Crippen molar-refractivity contribution in [2.24, 2.45) is 0 Å². The number of nitrogens with one attached hydrogen (secondary N) is 1. The standard InChI is InChI=1S/C12H17N3O5S/c1-9-8-13-5-6-14(9)21(18,19)12-4-3-10(20-2)7-11(12)15(16)17/h3-4,7,9,13H,5-6,8H2,1-2H3. The van der Waals surface area contributed by atoms with Crippen LogP contribution in [-0.2, 0) is 10.0 Å². The van der Waals surface area contributed by atoms with Crippen molar-refractivity contribution < 1.29 is 18.1 Å². The molecule has 0 aliphatic carbocycles. The number of rotatable bonds is 4. The van der Waals surface area contributed by atoms with Crippen LogP contribution in [-0.4, -0.2) is 50.4 Å². The molecule has 1 fully saturated rings. The van der Waals surface area contributed by atoms with Gasteiger partial charge in [-0.3, -0.25) is 10.1 Å². The zero-order valence-electron chi connectivity index (χ0n) is 11.8. The summed E-state index contributed by atoms with van der Waals surface area (Å²) >= 11 is 0. The van der Waals surface area contributed by atoms with Crippen LogP contribution in [0.1, 0.15) is 6.92 Å². The number of nitrogens with zero attached hydrogens (tertiary/aromatic N) is 2. The van der Waals surface area contributed by atoms with Crippen LogP contribution in [0.15, 0.2) is 23.1 Å². The van der Waals surface area contributed by atoms with E-state index in [-0.39, 0.29) is 23.2 Å². The van der Waals surface area contributed by atoms with Crippen molar-refractivity contribution >= 4 is 15.7 Å². The van der Waals surface area contributed by atoms with Crippen molar-refractivity contribution in [3.05, 3.63) is 28.3 Å². The molecule has 1 aliphatic heterocycles. The van der Waals surface area contributed by atoms with E-state index in [1.807, 2.05) is 0 Å². The summed E-state index contributed by atoms with van der Waals surface area (Å²) in [6, 6.07) is 3.50. The first-order valence-corrected chi connectivity index (χ1v) is 7.87. The van der Waals surface area contributed by atoms with Gasteiger partial charge in [-0.25, -0.2) is 8.42 Å². The molecule has 0 spiro atoms. The van der Waals surface area contributed by atoms with Crippen molar-refractivity contribution in [3.63, 3.8) is 0 Å². The molecule has 0 amide bonds. The summed E-state index contributed by atoms with van der Waals surface area (Å²) < 4.78 is 31.6. The first-order valence-electron chi connectivity index (χ1n) is 6.43. The van der Waals surface area contributed by atoms with Gasteiger partial charge in [0.05, 0.1) is 18.1 Å². The molecule has 2 rings (SSSR count). The van der Waals surface area contributed by atoms with E-state index in [0.717, 1.165) is 6.07 Å². The average Bonchev–Trinajstić information content (AvgIpc) is 2.46. The van der Waals surface area contributed by atoms with Crippen LogP contribution in [0, 0.1) is 10.1 Å². The molecule has 21 heavy (non-hydrogen) atoms. The highest BCUT2D eigenvalue weighted by atomic mass is 32.2. The molecule has 116 valence electrons. The summed E-state index contributed by atoms with van der Waals surface area (Å²) in [5, 5.41) is 14.2. The van der Waals surface area contributed by atoms with Gasteiger partial charge in [-0.15, -0.1) is 0 Å². The quantitative estimate of drug-likeness (QED) is 0.644. The number of piperazine rings is 1. The Bertz CT molecular complexity index is 646. The van der Waals surface area contributed by atoms with E-state index in [2.05, 4.69) is 5.32 Å². The number of ether oxygens (including phenoxy) is 1. The van der Waals surface area contributed by atoms with Crippen molar-refractivity contribution in [2.75, 3.05) is 26.7 Å². The third-order valence-corrected chi connectivity index (χ3v) is 5.45. The van der Waals surface area contributed by atoms with Crippen LogP contribution in [0.5, 0.6) is 5.75 Å². The Hall–Kier alpha value is -1.71. The van der Waals surface area contributed by atoms with E-state index in [9.17, 15) is 18.5 Å². The maximum atomic E-state index is 12.7. The minimum atomic E-state index is -3.92. The predicted octanol–water partition coefficient (Wildman–Crippen LogP) is 0.586. The summed E-state index contributed by atoms with van der Waals surface area (Å²) in [5.74, 6) is 0.244. The van der Waals surface area contributed by atoms with Crippen molar-refractivity contribution in [1.82, 2.24) is 9.62 Å². The largest absolute Gasteiger partial charge is 0.497 e. The molecule has 0 radical (unpaired) electrons. The molecular weight excluding hydrogens is 298 g/mol. The fourth-order valence-corrected chi connectivity index (χ4v) is 4.06. The van der Waals surface area contributed by atoms with Crippen molar-refractivity contribution in [2.45, 2.75) is 17.9 Å². The Morgan fingerprint density at radius 3 is 2.76 bits per heavy atom. The minimum absolute atomic E-state index is 0.244. The Kier molecular flexibility index (Phi) is 4.45. The highest BCUT2D eigenvalue weighted by Crippen LogP contribution is 2.31. The van der Waals surface area contributed by atoms with Crippen LogP contribution in [0.2, 0.25) is 0 Å². The van der Waals surface area contributed by atoms with Crippen LogP contribution >= 0.6 is 0 Å². The summed E-state index contributed by atoms with van der Waals surface area (Å²) in [6.45, 7) is 3.09. The molecular formula is C12H17N3O5S. The zero-order valence-corrected chi connectivity index (χ0v) is 12.6. The zero-order chi connectivity index (χ0) is 15.6. The summed E-state index contributed by atoms with van der Waals surface area (Å²) in [5.41, 5.74) is -0.472. The van der Waals surface area contributed by atoms with Gasteiger partial charge in [0, 0.05) is 25.7 Å². The first-order chi connectivity index (χ1) is 9.87. The fourth-order valence-electron chi connectivity index (χ4n) is 2.29. The number of nitro groups is 1. The monoisotopic (exact) mass is 315 g/mol. The first kappa shape index (κ1) is 15.7. The molecule has 8 nitrogen and oxygen atoms in total. The Morgan fingerprint density at radius 1 is 1.48 bits per heavy atom. The van der Waals surface area contributed by atoms with Crippen molar-refractivity contribution in [1.29, 1.82) is 0 Å². The topological polar surface area (TPSA) is 102 Å². The second-order valence-corrected chi connectivity index (χ2v) is 6.62. The van der Waals surface area contributed by atoms with E-state index in [1.165, 1.54) is 23.5 Å². The molecule has 1 aromatic rings. The van der Waals surface area contributed by atoms with E-state index >= 15 is 0 Å². The van der Waals surface area contributed by atoms with Gasteiger partial charge >= 0.3 is 0 Å². The van der Waals surface area contributed by atoms with Crippen LogP contribution < -0.4 is 10.1 Å². The third kappa shape index (κ3) is 2.99. The van der Waals surface area contributed by atoms with Gasteiger partial charge in [0.1, 0.15) is 5.75 Å². The lowest BCUT2D eigenvalue weighted by Gasteiger charge is -2.32. The molecule has 1 aromatic carbocycles. The average molecular weight is 315 g/mol. The summed E-state index contributed by atoms with van der Waals surface area (Å²) in [6.07, 6.45) is 0. The molecule has 1 unspecified atom stereocenters. The number of hydrogen-bond acceptors (Lipinski definition) is 6. The Labute approximate surface area is 122 Å². The third-order valence-electron chi connectivity index (χ3n) is 3.39. The molecule has 0 aromatic heterocycles. The molecule has 1 atom stereocenters. The normalized spacial score (nSPS) is 20.2. The SMILES string of the molecule is COc1ccc(S(=O)(=O)N2CCNCC2C)c([N+](=O)[O-])c1. The molecule has 0 saturated carbocycles. The minimum Gasteiger partial charge on any atom is -0.497 e. The van der Waals surface area contributed by atoms with Crippen LogP contribution in [0.25, 0.3) is 0 Å². The van der Waals surface area contributed by atoms with Gasteiger partial charge in [-0.05, 0) is 19.1 Å². The molecule has 1 heterocycles. The van der Waals surface area contributed by atoms with E-state index in [1.54, 1.807) is 6.92 Å². The van der Waals surface area contributed by atoms with Gasteiger partial charge in [0.15, 0.2) is 4.90 Å². The number of nitro benzene ring substituents is 1. The lowest BCUT2D eigenvalue weighted by Crippen LogP contribution is -2.52. The Balaban J connectivity index is 2.51. The molecule has 1 saturated heterocycles. The van der Waals surface area contributed by atoms with Gasteiger partial charge in [0.25, 0.3) is 5.69 Å². The molecule has 9 heteroatoms. The van der Waals surface area contributed by atoms with Crippen molar-refractivity contribution in [3.8, 4) is 5.75 Å². The van der Waals surface area contributed by atoms with Gasteiger partial charge in [-0.1, -0.05) is 0 Å². The number of hydrogen-bond donors (Lipinski definition) is 1.